The SMILES string of the molecule is C=CCn1c(CC(=O)Nc2cccc(Cl)c2Cl)nnc1SCC(=O)Nc1cc(Cl)ccc1Cl. The lowest BCUT2D eigenvalue weighted by molar-refractivity contribution is -0.116. The highest BCUT2D eigenvalue weighted by molar-refractivity contribution is 7.99. The van der Waals surface area contributed by atoms with Gasteiger partial charge in [-0.05, 0) is 30.3 Å². The minimum atomic E-state index is -0.346. The number of anilines is 2. The minimum absolute atomic E-state index is 0.0441. The van der Waals surface area contributed by atoms with E-state index in [1.165, 1.54) is 0 Å². The van der Waals surface area contributed by atoms with E-state index >= 15 is 0 Å². The zero-order valence-electron chi connectivity index (χ0n) is 16.9. The van der Waals surface area contributed by atoms with Crippen molar-refractivity contribution in [2.24, 2.45) is 0 Å². The van der Waals surface area contributed by atoms with Crippen LogP contribution in [-0.4, -0.2) is 32.3 Å². The minimum Gasteiger partial charge on any atom is -0.324 e. The number of nitrogens with one attached hydrogen (secondary N) is 2. The van der Waals surface area contributed by atoms with Crippen LogP contribution in [-0.2, 0) is 22.6 Å². The molecular formula is C21H17Cl4N5O2S. The van der Waals surface area contributed by atoms with E-state index in [0.29, 0.717) is 44.0 Å². The van der Waals surface area contributed by atoms with Gasteiger partial charge in [-0.1, -0.05) is 70.3 Å². The highest BCUT2D eigenvalue weighted by Crippen LogP contribution is 2.30. The average molecular weight is 545 g/mol. The van der Waals surface area contributed by atoms with Crippen LogP contribution in [0.15, 0.2) is 54.2 Å². The maximum Gasteiger partial charge on any atom is 0.234 e. The quantitative estimate of drug-likeness (QED) is 0.255. The number of rotatable bonds is 9. The molecule has 0 aliphatic heterocycles. The predicted octanol–water partition coefficient (Wildman–Crippen LogP) is 5.99. The molecule has 0 aliphatic carbocycles. The number of amides is 2. The fraction of sp³-hybridized carbons (Fsp3) is 0.143. The third kappa shape index (κ3) is 6.88. The maximum absolute atomic E-state index is 12.5. The summed E-state index contributed by atoms with van der Waals surface area (Å²) >= 11 is 25.3. The molecule has 0 saturated heterocycles. The van der Waals surface area contributed by atoms with Gasteiger partial charge in [0.1, 0.15) is 5.82 Å². The Balaban J connectivity index is 1.65. The molecule has 3 aromatic rings. The fourth-order valence-electron chi connectivity index (χ4n) is 2.72. The lowest BCUT2D eigenvalue weighted by Gasteiger charge is -2.10. The molecule has 33 heavy (non-hydrogen) atoms. The van der Waals surface area contributed by atoms with Gasteiger partial charge in [-0.15, -0.1) is 16.8 Å². The molecule has 0 spiro atoms. The van der Waals surface area contributed by atoms with Gasteiger partial charge in [0.25, 0.3) is 0 Å². The van der Waals surface area contributed by atoms with Gasteiger partial charge in [0.2, 0.25) is 11.8 Å². The first-order chi connectivity index (χ1) is 15.8. The van der Waals surface area contributed by atoms with Crippen molar-refractivity contribution in [3.63, 3.8) is 0 Å². The van der Waals surface area contributed by atoms with E-state index in [1.807, 2.05) is 0 Å². The van der Waals surface area contributed by atoms with Crippen LogP contribution < -0.4 is 10.6 Å². The number of hydrogen-bond acceptors (Lipinski definition) is 5. The molecule has 2 aromatic carbocycles. The number of hydrogen-bond donors (Lipinski definition) is 2. The number of benzene rings is 2. The number of aromatic nitrogens is 3. The molecule has 2 N–H and O–H groups in total. The van der Waals surface area contributed by atoms with Gasteiger partial charge in [-0.25, -0.2) is 0 Å². The van der Waals surface area contributed by atoms with Crippen LogP contribution in [0, 0.1) is 0 Å². The standard InChI is InChI=1S/C21H17Cl4N5O2S/c1-2-8-30-17(10-18(31)26-15-5-3-4-14(24)20(15)25)28-29-21(30)33-11-19(32)27-16-9-12(22)6-7-13(16)23/h2-7,9H,1,8,10-11H2,(H,26,31)(H,27,32). The molecule has 7 nitrogen and oxygen atoms in total. The second kappa shape index (κ2) is 11.8. The zero-order chi connectivity index (χ0) is 24.0. The second-order valence-electron chi connectivity index (χ2n) is 6.59. The summed E-state index contributed by atoms with van der Waals surface area (Å²) in [6, 6.07) is 9.74. The van der Waals surface area contributed by atoms with Crippen molar-refractivity contribution >= 4 is 81.4 Å². The van der Waals surface area contributed by atoms with Gasteiger partial charge in [0.05, 0.1) is 38.6 Å². The van der Waals surface area contributed by atoms with Crippen LogP contribution in [0.1, 0.15) is 5.82 Å². The van der Waals surface area contributed by atoms with Crippen molar-refractivity contribution in [1.29, 1.82) is 0 Å². The van der Waals surface area contributed by atoms with E-state index in [1.54, 1.807) is 47.0 Å². The first-order valence-electron chi connectivity index (χ1n) is 9.43. The Bertz CT molecular complexity index is 1200. The molecule has 1 aromatic heterocycles. The molecule has 0 radical (unpaired) electrons. The Morgan fingerprint density at radius 2 is 1.76 bits per heavy atom. The third-order valence-corrected chi connectivity index (χ3v) is 6.53. The second-order valence-corrected chi connectivity index (χ2v) is 9.16. The number of carbonyl (C=O) groups excluding carboxylic acids is 2. The smallest absolute Gasteiger partial charge is 0.234 e. The topological polar surface area (TPSA) is 88.9 Å². The molecular weight excluding hydrogens is 528 g/mol. The van der Waals surface area contributed by atoms with Crippen molar-refractivity contribution in [2.75, 3.05) is 16.4 Å². The summed E-state index contributed by atoms with van der Waals surface area (Å²) in [5, 5.41) is 15.5. The Labute approximate surface area is 214 Å². The summed E-state index contributed by atoms with van der Waals surface area (Å²) in [7, 11) is 0. The first-order valence-corrected chi connectivity index (χ1v) is 11.9. The predicted molar refractivity (Wildman–Crippen MR) is 135 cm³/mol. The van der Waals surface area contributed by atoms with E-state index < -0.39 is 0 Å². The van der Waals surface area contributed by atoms with E-state index in [2.05, 4.69) is 27.4 Å². The van der Waals surface area contributed by atoms with E-state index in [0.717, 1.165) is 11.8 Å². The van der Waals surface area contributed by atoms with E-state index in [9.17, 15) is 9.59 Å². The molecule has 12 heteroatoms. The highest BCUT2D eigenvalue weighted by Gasteiger charge is 2.17. The molecule has 0 atom stereocenters. The van der Waals surface area contributed by atoms with Crippen LogP contribution in [0.5, 0.6) is 0 Å². The summed E-state index contributed by atoms with van der Waals surface area (Å²) in [4.78, 5) is 24.9. The highest BCUT2D eigenvalue weighted by atomic mass is 35.5. The lowest BCUT2D eigenvalue weighted by Crippen LogP contribution is -2.18. The molecule has 2 amide bonds. The summed E-state index contributed by atoms with van der Waals surface area (Å²) in [6.07, 6.45) is 1.59. The number of thioether (sulfide) groups is 1. The summed E-state index contributed by atoms with van der Waals surface area (Å²) < 4.78 is 1.70. The van der Waals surface area contributed by atoms with Crippen LogP contribution in [0.4, 0.5) is 11.4 Å². The van der Waals surface area contributed by atoms with Crippen molar-refractivity contribution in [3.8, 4) is 0 Å². The van der Waals surface area contributed by atoms with Gasteiger partial charge in [0, 0.05) is 11.6 Å². The summed E-state index contributed by atoms with van der Waals surface area (Å²) in [6.45, 7) is 4.09. The summed E-state index contributed by atoms with van der Waals surface area (Å²) in [5.41, 5.74) is 0.814. The Kier molecular flexibility index (Phi) is 9.05. The number of nitrogens with zero attached hydrogens (tertiary/aromatic N) is 3. The van der Waals surface area contributed by atoms with Crippen LogP contribution in [0.2, 0.25) is 20.1 Å². The molecule has 0 unspecified atom stereocenters. The molecule has 1 heterocycles. The Morgan fingerprint density at radius 1 is 1.00 bits per heavy atom. The van der Waals surface area contributed by atoms with Crippen LogP contribution in [0.3, 0.4) is 0 Å². The average Bonchev–Trinajstić information content (AvgIpc) is 3.14. The van der Waals surface area contributed by atoms with Gasteiger partial charge in [-0.2, -0.15) is 0 Å². The monoisotopic (exact) mass is 543 g/mol. The summed E-state index contributed by atoms with van der Waals surface area (Å²) in [5.74, 6) is -0.192. The molecule has 172 valence electrons. The number of allylic oxidation sites excluding steroid dienone is 1. The van der Waals surface area contributed by atoms with Gasteiger partial charge in [0.15, 0.2) is 5.16 Å². The van der Waals surface area contributed by atoms with Gasteiger partial charge < -0.3 is 15.2 Å². The van der Waals surface area contributed by atoms with Gasteiger partial charge in [-0.3, -0.25) is 9.59 Å². The Hall–Kier alpha value is -2.23. The Morgan fingerprint density at radius 3 is 2.52 bits per heavy atom. The largest absolute Gasteiger partial charge is 0.324 e. The van der Waals surface area contributed by atoms with Crippen LogP contribution in [0.25, 0.3) is 0 Å². The number of halogens is 4. The third-order valence-electron chi connectivity index (χ3n) is 4.18. The zero-order valence-corrected chi connectivity index (χ0v) is 20.8. The van der Waals surface area contributed by atoms with Crippen molar-refractivity contribution in [1.82, 2.24) is 14.8 Å². The maximum atomic E-state index is 12.5. The molecule has 0 saturated carbocycles. The van der Waals surface area contributed by atoms with Crippen molar-refractivity contribution < 1.29 is 9.59 Å². The lowest BCUT2D eigenvalue weighted by atomic mass is 10.3. The molecule has 3 rings (SSSR count). The normalized spacial score (nSPS) is 10.7. The first kappa shape index (κ1) is 25.4. The molecule has 0 fully saturated rings. The fourth-order valence-corrected chi connectivity index (χ4v) is 4.17. The molecule has 0 aliphatic rings. The molecule has 0 bridgehead atoms. The van der Waals surface area contributed by atoms with Gasteiger partial charge >= 0.3 is 0 Å². The van der Waals surface area contributed by atoms with E-state index in [4.69, 9.17) is 46.4 Å². The number of carbonyl (C=O) groups is 2. The van der Waals surface area contributed by atoms with E-state index in [-0.39, 0.29) is 29.0 Å². The van der Waals surface area contributed by atoms with Crippen molar-refractivity contribution in [2.45, 2.75) is 18.1 Å². The van der Waals surface area contributed by atoms with Crippen LogP contribution >= 0.6 is 58.2 Å². The van der Waals surface area contributed by atoms with Crippen molar-refractivity contribution in [3.05, 3.63) is 75.0 Å².